The van der Waals surface area contributed by atoms with Gasteiger partial charge in [0.05, 0.1) is 10.8 Å². The first-order valence-corrected chi connectivity index (χ1v) is 7.34. The normalized spacial score (nSPS) is 12.8. The van der Waals surface area contributed by atoms with E-state index in [4.69, 9.17) is 28.4 Å². The average molecular weight is 296 g/mol. The van der Waals surface area contributed by atoms with Crippen LogP contribution in [0.2, 0.25) is 10.0 Å². The largest absolute Gasteiger partial charge is 0.411 e. The Morgan fingerprint density at radius 1 is 1.41 bits per heavy atom. The minimum absolute atomic E-state index is 0.00789. The summed E-state index contributed by atoms with van der Waals surface area (Å²) >= 11 is 11.6. The SMILES string of the molecule is CCS(=O)(=O)C/C(=N\O)c1ccc(Cl)cc1Cl. The number of hydrogen-bond donors (Lipinski definition) is 1. The van der Waals surface area contributed by atoms with E-state index < -0.39 is 9.84 Å². The van der Waals surface area contributed by atoms with Crippen LogP contribution < -0.4 is 0 Å². The molecular weight excluding hydrogens is 285 g/mol. The molecule has 0 saturated carbocycles. The summed E-state index contributed by atoms with van der Waals surface area (Å²) < 4.78 is 22.9. The van der Waals surface area contributed by atoms with E-state index >= 15 is 0 Å². The first-order valence-electron chi connectivity index (χ1n) is 4.76. The molecule has 0 heterocycles. The van der Waals surface area contributed by atoms with Crippen LogP contribution in [0.3, 0.4) is 0 Å². The Balaban J connectivity index is 3.12. The Labute approximate surface area is 110 Å². The minimum Gasteiger partial charge on any atom is -0.411 e. The zero-order valence-electron chi connectivity index (χ0n) is 9.02. The van der Waals surface area contributed by atoms with Gasteiger partial charge in [-0.25, -0.2) is 8.42 Å². The number of rotatable bonds is 4. The van der Waals surface area contributed by atoms with Crippen molar-refractivity contribution in [3.8, 4) is 0 Å². The van der Waals surface area contributed by atoms with Crippen molar-refractivity contribution in [1.29, 1.82) is 0 Å². The Bertz CT molecular complexity index is 540. The molecule has 1 N–H and O–H groups in total. The first kappa shape index (κ1) is 14.3. The fourth-order valence-electron chi connectivity index (χ4n) is 1.19. The van der Waals surface area contributed by atoms with Crippen molar-refractivity contribution in [1.82, 2.24) is 0 Å². The van der Waals surface area contributed by atoms with Gasteiger partial charge in [0, 0.05) is 16.3 Å². The maximum atomic E-state index is 11.5. The molecule has 0 unspecified atom stereocenters. The highest BCUT2D eigenvalue weighted by molar-refractivity contribution is 7.92. The molecule has 4 nitrogen and oxygen atoms in total. The van der Waals surface area contributed by atoms with Crippen LogP contribution in [0, 0.1) is 0 Å². The van der Waals surface area contributed by atoms with Crippen LogP contribution in [-0.2, 0) is 9.84 Å². The van der Waals surface area contributed by atoms with E-state index in [1.54, 1.807) is 6.07 Å². The van der Waals surface area contributed by atoms with E-state index in [1.165, 1.54) is 19.1 Å². The second-order valence-corrected chi connectivity index (χ2v) is 6.54. The molecule has 0 amide bonds. The van der Waals surface area contributed by atoms with Crippen molar-refractivity contribution < 1.29 is 13.6 Å². The smallest absolute Gasteiger partial charge is 0.155 e. The summed E-state index contributed by atoms with van der Waals surface area (Å²) in [6.07, 6.45) is 0. The van der Waals surface area contributed by atoms with Gasteiger partial charge < -0.3 is 5.21 Å². The molecule has 0 saturated heterocycles. The molecule has 0 spiro atoms. The van der Waals surface area contributed by atoms with Gasteiger partial charge in [-0.3, -0.25) is 0 Å². The Morgan fingerprint density at radius 2 is 2.06 bits per heavy atom. The fourth-order valence-corrected chi connectivity index (χ4v) is 2.55. The molecule has 0 fully saturated rings. The van der Waals surface area contributed by atoms with Gasteiger partial charge in [-0.05, 0) is 12.1 Å². The van der Waals surface area contributed by atoms with Crippen molar-refractivity contribution in [3.63, 3.8) is 0 Å². The highest BCUT2D eigenvalue weighted by Gasteiger charge is 2.17. The van der Waals surface area contributed by atoms with Crippen LogP contribution in [-0.4, -0.2) is 30.8 Å². The highest BCUT2D eigenvalue weighted by atomic mass is 35.5. The van der Waals surface area contributed by atoms with E-state index in [9.17, 15) is 8.42 Å². The van der Waals surface area contributed by atoms with Gasteiger partial charge in [0.25, 0.3) is 0 Å². The predicted molar refractivity (Wildman–Crippen MR) is 69.1 cm³/mol. The van der Waals surface area contributed by atoms with E-state index in [0.29, 0.717) is 10.6 Å². The fraction of sp³-hybridized carbons (Fsp3) is 0.300. The third kappa shape index (κ3) is 3.87. The van der Waals surface area contributed by atoms with Gasteiger partial charge in [0.15, 0.2) is 9.84 Å². The molecular formula is C10H11Cl2NO3S. The topological polar surface area (TPSA) is 66.7 Å². The van der Waals surface area contributed by atoms with Crippen molar-refractivity contribution in [3.05, 3.63) is 33.8 Å². The Morgan fingerprint density at radius 3 is 2.53 bits per heavy atom. The van der Waals surface area contributed by atoms with Gasteiger partial charge in [-0.1, -0.05) is 41.3 Å². The van der Waals surface area contributed by atoms with Crippen molar-refractivity contribution in [2.75, 3.05) is 11.5 Å². The lowest BCUT2D eigenvalue weighted by atomic mass is 10.1. The van der Waals surface area contributed by atoms with Gasteiger partial charge in [-0.2, -0.15) is 0 Å². The summed E-state index contributed by atoms with van der Waals surface area (Å²) in [7, 11) is -3.29. The molecule has 0 radical (unpaired) electrons. The molecule has 0 aromatic heterocycles. The van der Waals surface area contributed by atoms with Crippen LogP contribution in [0.25, 0.3) is 0 Å². The van der Waals surface area contributed by atoms with Gasteiger partial charge >= 0.3 is 0 Å². The molecule has 94 valence electrons. The molecule has 0 atom stereocenters. The maximum absolute atomic E-state index is 11.5. The summed E-state index contributed by atoms with van der Waals surface area (Å²) in [5, 5.41) is 12.5. The van der Waals surface area contributed by atoms with Gasteiger partial charge in [0.2, 0.25) is 0 Å². The molecule has 1 rings (SSSR count). The standard InChI is InChI=1S/C10H11Cl2NO3S/c1-2-17(15,16)6-10(13-14)8-4-3-7(11)5-9(8)12/h3-5,14H,2,6H2,1H3/b13-10+. The van der Waals surface area contributed by atoms with Crippen molar-refractivity contribution in [2.24, 2.45) is 5.16 Å². The zero-order valence-corrected chi connectivity index (χ0v) is 11.3. The van der Waals surface area contributed by atoms with Crippen molar-refractivity contribution >= 4 is 38.8 Å². The quantitative estimate of drug-likeness (QED) is 0.527. The summed E-state index contributed by atoms with van der Waals surface area (Å²) in [5.41, 5.74) is 0.365. The summed E-state index contributed by atoms with van der Waals surface area (Å²) in [4.78, 5) is 0. The molecule has 7 heteroatoms. The Kier molecular flexibility index (Phi) is 4.80. The number of halogens is 2. The number of sulfone groups is 1. The lowest BCUT2D eigenvalue weighted by Gasteiger charge is -2.07. The van der Waals surface area contributed by atoms with E-state index in [0.717, 1.165) is 0 Å². The number of nitrogens with zero attached hydrogens (tertiary/aromatic N) is 1. The van der Waals surface area contributed by atoms with Crippen LogP contribution in [0.1, 0.15) is 12.5 Å². The molecule has 17 heavy (non-hydrogen) atoms. The van der Waals surface area contributed by atoms with Crippen molar-refractivity contribution in [2.45, 2.75) is 6.92 Å². The molecule has 1 aromatic rings. The van der Waals surface area contributed by atoms with Crippen LogP contribution in [0.15, 0.2) is 23.4 Å². The Hall–Kier alpha value is -0.780. The van der Waals surface area contributed by atoms with Gasteiger partial charge in [-0.15, -0.1) is 0 Å². The molecule has 0 aliphatic rings. The minimum atomic E-state index is -3.29. The molecule has 0 aliphatic carbocycles. The second-order valence-electron chi connectivity index (χ2n) is 3.35. The van der Waals surface area contributed by atoms with E-state index in [2.05, 4.69) is 5.16 Å². The number of oxime groups is 1. The summed E-state index contributed by atoms with van der Waals surface area (Å²) in [6, 6.07) is 4.53. The first-order chi connectivity index (χ1) is 7.89. The summed E-state index contributed by atoms with van der Waals surface area (Å²) in [6.45, 7) is 1.52. The highest BCUT2D eigenvalue weighted by Crippen LogP contribution is 2.22. The molecule has 0 aliphatic heterocycles. The molecule has 0 bridgehead atoms. The second kappa shape index (κ2) is 5.71. The van der Waals surface area contributed by atoms with Crippen LogP contribution in [0.5, 0.6) is 0 Å². The maximum Gasteiger partial charge on any atom is 0.155 e. The van der Waals surface area contributed by atoms with Crippen LogP contribution in [0.4, 0.5) is 0 Å². The number of hydrogen-bond acceptors (Lipinski definition) is 4. The lowest BCUT2D eigenvalue weighted by Crippen LogP contribution is -2.19. The lowest BCUT2D eigenvalue weighted by molar-refractivity contribution is 0.319. The van der Waals surface area contributed by atoms with Gasteiger partial charge in [0.1, 0.15) is 5.71 Å². The van der Waals surface area contributed by atoms with E-state index in [-0.39, 0.29) is 22.2 Å². The zero-order chi connectivity index (χ0) is 13.1. The molecule has 1 aromatic carbocycles. The summed E-state index contributed by atoms with van der Waals surface area (Å²) in [5.74, 6) is -0.390. The number of benzene rings is 1. The van der Waals surface area contributed by atoms with E-state index in [1.807, 2.05) is 0 Å². The average Bonchev–Trinajstić information content (AvgIpc) is 2.26. The third-order valence-electron chi connectivity index (χ3n) is 2.16. The monoisotopic (exact) mass is 295 g/mol. The predicted octanol–water partition coefficient (Wildman–Crippen LogP) is 2.61. The van der Waals surface area contributed by atoms with Crippen LogP contribution >= 0.6 is 23.2 Å². The third-order valence-corrected chi connectivity index (χ3v) is 4.30.